The number of rotatable bonds is 2. The average Bonchev–Trinajstić information content (AvgIpc) is 2.32. The normalized spacial score (nSPS) is 23.8. The van der Waals surface area contributed by atoms with E-state index in [1.165, 1.54) is 0 Å². The summed E-state index contributed by atoms with van der Waals surface area (Å²) in [4.78, 5) is 22.4. The molecule has 13 heavy (non-hydrogen) atoms. The molecule has 1 fully saturated rings. The van der Waals surface area contributed by atoms with Crippen molar-refractivity contribution in [2.24, 2.45) is 0 Å². The van der Waals surface area contributed by atoms with Gasteiger partial charge in [-0.3, -0.25) is 9.59 Å². The fourth-order valence-corrected chi connectivity index (χ4v) is 1.49. The number of esters is 1. The van der Waals surface area contributed by atoms with Crippen LogP contribution in [0.5, 0.6) is 0 Å². The molecule has 1 unspecified atom stereocenters. The Morgan fingerprint density at radius 3 is 2.92 bits per heavy atom. The van der Waals surface area contributed by atoms with Gasteiger partial charge < -0.3 is 4.74 Å². The van der Waals surface area contributed by atoms with Crippen molar-refractivity contribution < 1.29 is 14.3 Å². The van der Waals surface area contributed by atoms with Crippen molar-refractivity contribution in [2.45, 2.75) is 51.6 Å². The van der Waals surface area contributed by atoms with Gasteiger partial charge in [-0.15, -0.1) is 0 Å². The summed E-state index contributed by atoms with van der Waals surface area (Å²) in [6, 6.07) is 0. The van der Waals surface area contributed by atoms with Crippen molar-refractivity contribution in [2.75, 3.05) is 0 Å². The highest BCUT2D eigenvalue weighted by Gasteiger charge is 2.23. The van der Waals surface area contributed by atoms with Crippen LogP contribution in [0.4, 0.5) is 0 Å². The van der Waals surface area contributed by atoms with Crippen molar-refractivity contribution >= 4 is 11.8 Å². The van der Waals surface area contributed by atoms with Crippen LogP contribution in [0.25, 0.3) is 0 Å². The molecule has 0 bridgehead atoms. The highest BCUT2D eigenvalue weighted by Crippen LogP contribution is 2.17. The smallest absolute Gasteiger partial charge is 0.306 e. The molecule has 1 aliphatic carbocycles. The maximum Gasteiger partial charge on any atom is 0.306 e. The van der Waals surface area contributed by atoms with Crippen LogP contribution in [-0.4, -0.2) is 17.9 Å². The van der Waals surface area contributed by atoms with Crippen molar-refractivity contribution in [1.82, 2.24) is 0 Å². The molecule has 74 valence electrons. The zero-order valence-corrected chi connectivity index (χ0v) is 8.04. The van der Waals surface area contributed by atoms with E-state index < -0.39 is 6.10 Å². The van der Waals surface area contributed by atoms with Gasteiger partial charge in [0.15, 0.2) is 11.9 Å². The van der Waals surface area contributed by atoms with Crippen LogP contribution in [-0.2, 0) is 14.3 Å². The van der Waals surface area contributed by atoms with E-state index in [0.29, 0.717) is 19.3 Å². The molecule has 3 nitrogen and oxygen atoms in total. The van der Waals surface area contributed by atoms with Gasteiger partial charge in [-0.05, 0) is 19.3 Å². The van der Waals surface area contributed by atoms with E-state index in [2.05, 4.69) is 0 Å². The summed E-state index contributed by atoms with van der Waals surface area (Å²) in [5.74, 6) is -0.167. The number of hydrogen-bond acceptors (Lipinski definition) is 3. The largest absolute Gasteiger partial charge is 0.454 e. The van der Waals surface area contributed by atoms with Crippen LogP contribution < -0.4 is 0 Å². The Labute approximate surface area is 78.5 Å². The Morgan fingerprint density at radius 2 is 2.23 bits per heavy atom. The lowest BCUT2D eigenvalue weighted by molar-refractivity contribution is -0.154. The van der Waals surface area contributed by atoms with Crippen LogP contribution in [0, 0.1) is 0 Å². The first-order chi connectivity index (χ1) is 6.24. The van der Waals surface area contributed by atoms with Crippen LogP contribution in [0.1, 0.15) is 45.4 Å². The van der Waals surface area contributed by atoms with E-state index in [9.17, 15) is 9.59 Å². The first kappa shape index (κ1) is 10.2. The lowest BCUT2D eigenvalue weighted by Crippen LogP contribution is -2.25. The second-order valence-electron chi connectivity index (χ2n) is 3.40. The lowest BCUT2D eigenvalue weighted by atomic mass is 10.1. The third-order valence-corrected chi connectivity index (χ3v) is 2.31. The SMILES string of the molecule is CCC(=O)OC1CCCCCC1=O. The molecular weight excluding hydrogens is 168 g/mol. The van der Waals surface area contributed by atoms with E-state index in [-0.39, 0.29) is 11.8 Å². The Balaban J connectivity index is 2.45. The molecule has 3 heteroatoms. The molecule has 0 heterocycles. The molecule has 0 aromatic heterocycles. The molecule has 0 aromatic rings. The van der Waals surface area contributed by atoms with Crippen LogP contribution in [0.3, 0.4) is 0 Å². The maximum atomic E-state index is 11.4. The molecule has 0 N–H and O–H groups in total. The van der Waals surface area contributed by atoms with E-state index in [4.69, 9.17) is 4.74 Å². The van der Waals surface area contributed by atoms with Gasteiger partial charge in [0.05, 0.1) is 0 Å². The van der Waals surface area contributed by atoms with Gasteiger partial charge in [0.1, 0.15) is 0 Å². The number of carbonyl (C=O) groups excluding carboxylic acids is 2. The molecule has 1 aliphatic rings. The molecule has 1 saturated carbocycles. The predicted octanol–water partition coefficient (Wildman–Crippen LogP) is 1.84. The summed E-state index contributed by atoms with van der Waals surface area (Å²) < 4.78 is 5.04. The fourth-order valence-electron chi connectivity index (χ4n) is 1.49. The summed E-state index contributed by atoms with van der Waals surface area (Å²) in [5, 5.41) is 0. The molecule has 1 rings (SSSR count). The van der Waals surface area contributed by atoms with Crippen molar-refractivity contribution in [3.8, 4) is 0 Å². The van der Waals surface area contributed by atoms with Crippen molar-refractivity contribution in [1.29, 1.82) is 0 Å². The van der Waals surface area contributed by atoms with Gasteiger partial charge in [-0.1, -0.05) is 13.3 Å². The quantitative estimate of drug-likeness (QED) is 0.486. The van der Waals surface area contributed by atoms with Crippen LogP contribution >= 0.6 is 0 Å². The third kappa shape index (κ3) is 3.17. The summed E-state index contributed by atoms with van der Waals surface area (Å²) in [5.41, 5.74) is 0. The molecule has 0 amide bonds. The van der Waals surface area contributed by atoms with Gasteiger partial charge in [-0.25, -0.2) is 0 Å². The highest BCUT2D eigenvalue weighted by atomic mass is 16.5. The maximum absolute atomic E-state index is 11.4. The highest BCUT2D eigenvalue weighted by molar-refractivity contribution is 5.85. The average molecular weight is 184 g/mol. The fraction of sp³-hybridized carbons (Fsp3) is 0.800. The van der Waals surface area contributed by atoms with E-state index in [1.54, 1.807) is 6.92 Å². The van der Waals surface area contributed by atoms with Gasteiger partial charge >= 0.3 is 5.97 Å². The van der Waals surface area contributed by atoms with Crippen LogP contribution in [0.2, 0.25) is 0 Å². The number of ether oxygens (including phenoxy) is 1. The van der Waals surface area contributed by atoms with Gasteiger partial charge in [-0.2, -0.15) is 0 Å². The minimum absolute atomic E-state index is 0.0966. The molecule has 0 aliphatic heterocycles. The number of carbonyl (C=O) groups is 2. The summed E-state index contributed by atoms with van der Waals surface area (Å²) >= 11 is 0. The van der Waals surface area contributed by atoms with Crippen LogP contribution in [0.15, 0.2) is 0 Å². The Bertz CT molecular complexity index is 198. The molecular formula is C10H16O3. The van der Waals surface area contributed by atoms with Crippen molar-refractivity contribution in [3.63, 3.8) is 0 Å². The first-order valence-corrected chi connectivity index (χ1v) is 4.96. The molecule has 0 radical (unpaired) electrons. The summed E-state index contributed by atoms with van der Waals surface area (Å²) in [6.45, 7) is 1.74. The molecule has 1 atom stereocenters. The minimum atomic E-state index is -0.449. The number of Topliss-reactive ketones (excluding diaryl/α,β-unsaturated/α-hetero) is 1. The minimum Gasteiger partial charge on any atom is -0.454 e. The van der Waals surface area contributed by atoms with E-state index in [0.717, 1.165) is 19.3 Å². The Kier molecular flexibility index (Phi) is 3.93. The monoisotopic (exact) mass is 184 g/mol. The Morgan fingerprint density at radius 1 is 1.46 bits per heavy atom. The van der Waals surface area contributed by atoms with E-state index >= 15 is 0 Å². The second kappa shape index (κ2) is 5.00. The van der Waals surface area contributed by atoms with Gasteiger partial charge in [0, 0.05) is 12.8 Å². The number of ketones is 1. The summed E-state index contributed by atoms with van der Waals surface area (Å²) in [7, 11) is 0. The predicted molar refractivity (Wildman–Crippen MR) is 48.3 cm³/mol. The number of hydrogen-bond donors (Lipinski definition) is 0. The summed E-state index contributed by atoms with van der Waals surface area (Å²) in [6.07, 6.45) is 4.20. The zero-order chi connectivity index (χ0) is 9.68. The molecule has 0 saturated heterocycles. The lowest BCUT2D eigenvalue weighted by Gasteiger charge is -2.13. The Hall–Kier alpha value is -0.860. The van der Waals surface area contributed by atoms with Gasteiger partial charge in [0.2, 0.25) is 0 Å². The topological polar surface area (TPSA) is 43.4 Å². The third-order valence-electron chi connectivity index (χ3n) is 2.31. The van der Waals surface area contributed by atoms with E-state index in [1.807, 2.05) is 0 Å². The second-order valence-corrected chi connectivity index (χ2v) is 3.40. The standard InChI is InChI=1S/C10H16O3/c1-2-10(12)13-9-7-5-3-4-6-8(9)11/h9H,2-7H2,1H3. The zero-order valence-electron chi connectivity index (χ0n) is 8.04. The first-order valence-electron chi connectivity index (χ1n) is 4.96. The van der Waals surface area contributed by atoms with Gasteiger partial charge in [0.25, 0.3) is 0 Å². The molecule has 0 aromatic carbocycles. The molecule has 0 spiro atoms. The van der Waals surface area contributed by atoms with Crippen molar-refractivity contribution in [3.05, 3.63) is 0 Å².